The number of hydrogen-bond acceptors (Lipinski definition) is 10. The highest BCUT2D eigenvalue weighted by Crippen LogP contribution is 2.57. The molecule has 0 radical (unpaired) electrons. The van der Waals surface area contributed by atoms with E-state index in [4.69, 9.17) is 24.3 Å². The van der Waals surface area contributed by atoms with Crippen molar-refractivity contribution in [2.24, 2.45) is 5.11 Å². The van der Waals surface area contributed by atoms with E-state index in [9.17, 15) is 19.5 Å². The van der Waals surface area contributed by atoms with Crippen LogP contribution in [0.4, 0.5) is 5.69 Å². The Morgan fingerprint density at radius 2 is 1.69 bits per heavy atom. The molecule has 1 spiro atoms. The molecule has 1 atom stereocenters. The van der Waals surface area contributed by atoms with Crippen molar-refractivity contribution < 1.29 is 33.4 Å². The van der Waals surface area contributed by atoms with Gasteiger partial charge in [0.1, 0.15) is 22.8 Å². The number of hydroxylamine groups is 2. The summed E-state index contributed by atoms with van der Waals surface area (Å²) in [4.78, 5) is 49.2. The van der Waals surface area contributed by atoms with Crippen LogP contribution in [0.2, 0.25) is 0 Å². The molecular weight excluding hydrogens is 618 g/mol. The maximum atomic E-state index is 13.3. The number of aromatic hydroxyl groups is 1. The van der Waals surface area contributed by atoms with Gasteiger partial charge >= 0.3 is 11.6 Å². The first-order valence-electron chi connectivity index (χ1n) is 15.1. The van der Waals surface area contributed by atoms with E-state index in [2.05, 4.69) is 10.0 Å². The summed E-state index contributed by atoms with van der Waals surface area (Å²) in [5.74, 6) is 0.655. The molecule has 238 valence electrons. The van der Waals surface area contributed by atoms with E-state index >= 15 is 0 Å². The Morgan fingerprint density at radius 1 is 0.917 bits per heavy atom. The molecule has 5 aromatic rings. The first-order valence-corrected chi connectivity index (χ1v) is 15.1. The molecular formula is C35H25N5O8. The molecule has 0 aliphatic carbocycles. The summed E-state index contributed by atoms with van der Waals surface area (Å²) >= 11 is 0. The zero-order valence-electron chi connectivity index (χ0n) is 25.2. The van der Waals surface area contributed by atoms with Gasteiger partial charge in [-0.2, -0.15) is 0 Å². The normalized spacial score (nSPS) is 17.9. The molecule has 0 bridgehead atoms. The summed E-state index contributed by atoms with van der Waals surface area (Å²) in [6.07, 6.45) is -0.00152. The van der Waals surface area contributed by atoms with E-state index in [1.54, 1.807) is 52.4 Å². The molecule has 3 aliphatic heterocycles. The summed E-state index contributed by atoms with van der Waals surface area (Å²) in [6.45, 7) is 1.62. The van der Waals surface area contributed by atoms with Gasteiger partial charge in [0.05, 0.1) is 25.1 Å². The van der Waals surface area contributed by atoms with Crippen LogP contribution in [0.1, 0.15) is 32.6 Å². The Balaban J connectivity index is 0.993. The van der Waals surface area contributed by atoms with Crippen molar-refractivity contribution in [1.29, 1.82) is 0 Å². The minimum absolute atomic E-state index is 0.00152. The maximum absolute atomic E-state index is 13.3. The van der Waals surface area contributed by atoms with Gasteiger partial charge in [-0.3, -0.25) is 4.79 Å². The Hall–Kier alpha value is -6.30. The Kier molecular flexibility index (Phi) is 6.79. The van der Waals surface area contributed by atoms with Crippen LogP contribution in [0.25, 0.3) is 21.4 Å². The summed E-state index contributed by atoms with van der Waals surface area (Å²) in [7, 11) is 0. The van der Waals surface area contributed by atoms with E-state index in [1.165, 1.54) is 24.3 Å². The number of hydrogen-bond donors (Lipinski definition) is 1. The van der Waals surface area contributed by atoms with Gasteiger partial charge in [0.2, 0.25) is 5.91 Å². The second-order valence-corrected chi connectivity index (χ2v) is 11.6. The van der Waals surface area contributed by atoms with Crippen molar-refractivity contribution in [1.82, 2.24) is 9.96 Å². The minimum Gasteiger partial charge on any atom is -0.508 e. The van der Waals surface area contributed by atoms with Gasteiger partial charge in [0.25, 0.3) is 0 Å². The van der Waals surface area contributed by atoms with Gasteiger partial charge < -0.3 is 28.7 Å². The molecule has 1 fully saturated rings. The van der Waals surface area contributed by atoms with E-state index < -0.39 is 17.2 Å². The van der Waals surface area contributed by atoms with Crippen LogP contribution >= 0.6 is 0 Å². The molecule has 0 saturated carbocycles. The summed E-state index contributed by atoms with van der Waals surface area (Å²) in [5.41, 5.74) is 10.3. The molecule has 1 unspecified atom stereocenters. The summed E-state index contributed by atoms with van der Waals surface area (Å²) in [6, 6.07) is 23.3. The number of phenols is 1. The quantitative estimate of drug-likeness (QED) is 0.0832. The third-order valence-corrected chi connectivity index (χ3v) is 8.81. The molecule has 3 aliphatic rings. The highest BCUT2D eigenvalue weighted by Gasteiger charge is 2.53. The largest absolute Gasteiger partial charge is 0.508 e. The van der Waals surface area contributed by atoms with Crippen molar-refractivity contribution >= 4 is 28.5 Å². The number of phenolic OH excluding ortho intramolecular Hbond substituents is 1. The van der Waals surface area contributed by atoms with E-state index in [0.29, 0.717) is 82.3 Å². The number of piperazine rings is 1. The van der Waals surface area contributed by atoms with Gasteiger partial charge in [-0.25, -0.2) is 9.59 Å². The lowest BCUT2D eigenvalue weighted by atomic mass is 9.77. The fourth-order valence-corrected chi connectivity index (χ4v) is 6.63. The Bertz CT molecular complexity index is 2270. The molecule has 48 heavy (non-hydrogen) atoms. The first kappa shape index (κ1) is 29.1. The van der Waals surface area contributed by atoms with Crippen LogP contribution in [0, 0.1) is 0 Å². The number of rotatable bonds is 5. The van der Waals surface area contributed by atoms with E-state index in [-0.39, 0.29) is 23.7 Å². The maximum Gasteiger partial charge on any atom is 0.340 e. The summed E-state index contributed by atoms with van der Waals surface area (Å²) < 4.78 is 17.6. The third kappa shape index (κ3) is 4.77. The highest BCUT2D eigenvalue weighted by atomic mass is 16.7. The SMILES string of the molecule is [N-]=[N+]=Nc1ccc2c(CC(=O)N3CCN(Oc4ccc5c(c4)Oc4cc(O)ccc4C54OC(=O)c5ccccc54)CC3)cc(=O)oc2c1. The predicted octanol–water partition coefficient (Wildman–Crippen LogP) is 5.69. The van der Waals surface area contributed by atoms with E-state index in [1.807, 2.05) is 18.2 Å². The molecule has 1 saturated heterocycles. The van der Waals surface area contributed by atoms with Crippen LogP contribution in [0.5, 0.6) is 23.0 Å². The fourth-order valence-electron chi connectivity index (χ4n) is 6.63. The van der Waals surface area contributed by atoms with Gasteiger partial charge in [-0.05, 0) is 47.5 Å². The van der Waals surface area contributed by atoms with Crippen molar-refractivity contribution in [3.8, 4) is 23.0 Å². The molecule has 13 heteroatoms. The number of benzene rings is 4. The predicted molar refractivity (Wildman–Crippen MR) is 170 cm³/mol. The number of carbonyl (C=O) groups is 2. The van der Waals surface area contributed by atoms with Crippen molar-refractivity contribution in [2.75, 3.05) is 26.2 Å². The number of nitrogens with zero attached hydrogens (tertiary/aromatic N) is 5. The average molecular weight is 644 g/mol. The van der Waals surface area contributed by atoms with Crippen LogP contribution in [0.3, 0.4) is 0 Å². The Labute approximate surface area is 271 Å². The molecule has 8 rings (SSSR count). The molecule has 1 N–H and O–H groups in total. The van der Waals surface area contributed by atoms with Crippen molar-refractivity contribution in [2.45, 2.75) is 12.0 Å². The monoisotopic (exact) mass is 643 g/mol. The molecule has 1 amide bonds. The van der Waals surface area contributed by atoms with Gasteiger partial charge in [-0.1, -0.05) is 35.4 Å². The minimum atomic E-state index is -1.26. The average Bonchev–Trinajstić information content (AvgIpc) is 3.37. The van der Waals surface area contributed by atoms with Crippen LogP contribution in [-0.2, 0) is 21.6 Å². The van der Waals surface area contributed by atoms with Crippen LogP contribution in [0.15, 0.2) is 99.3 Å². The lowest BCUT2D eigenvalue weighted by Gasteiger charge is -2.37. The number of ether oxygens (including phenoxy) is 2. The molecule has 13 nitrogen and oxygen atoms in total. The smallest absolute Gasteiger partial charge is 0.340 e. The van der Waals surface area contributed by atoms with Crippen molar-refractivity contribution in [3.63, 3.8) is 0 Å². The number of azide groups is 1. The zero-order chi connectivity index (χ0) is 33.0. The van der Waals surface area contributed by atoms with Crippen molar-refractivity contribution in [3.05, 3.63) is 134 Å². The topological polar surface area (TPSA) is 168 Å². The number of amides is 1. The highest BCUT2D eigenvalue weighted by molar-refractivity contribution is 5.97. The lowest BCUT2D eigenvalue weighted by molar-refractivity contribution is -0.139. The standard InChI is InChI=1S/C35H25N5O8/c36-38-37-21-5-8-24-20(16-33(43)46-29(24)17-21)15-32(42)39-11-13-40(14-12-39)48-23-7-10-28-31(19-23)45-30-18-22(41)6-9-27(30)35(28)26-4-2-1-3-25(26)34(44)47-35/h1-10,16-19,41H,11-15H2. The zero-order valence-corrected chi connectivity index (χ0v) is 25.2. The van der Waals surface area contributed by atoms with Crippen LogP contribution < -0.4 is 15.2 Å². The van der Waals surface area contributed by atoms with Gasteiger partial charge in [0, 0.05) is 64.0 Å². The molecule has 4 aromatic carbocycles. The summed E-state index contributed by atoms with van der Waals surface area (Å²) in [5, 5.41) is 16.1. The molecule has 4 heterocycles. The lowest BCUT2D eigenvalue weighted by Crippen LogP contribution is -2.50. The third-order valence-electron chi connectivity index (χ3n) is 8.81. The Morgan fingerprint density at radius 3 is 2.50 bits per heavy atom. The number of fused-ring (bicyclic) bond motifs is 7. The second kappa shape index (κ2) is 11.2. The van der Waals surface area contributed by atoms with E-state index in [0.717, 1.165) is 0 Å². The van der Waals surface area contributed by atoms with Gasteiger partial charge in [0.15, 0.2) is 11.4 Å². The second-order valence-electron chi connectivity index (χ2n) is 11.6. The molecule has 1 aromatic heterocycles. The number of carbonyl (C=O) groups excluding carboxylic acids is 2. The van der Waals surface area contributed by atoms with Crippen LogP contribution in [-0.4, -0.2) is 53.1 Å². The van der Waals surface area contributed by atoms with Gasteiger partial charge in [-0.15, -0.1) is 5.06 Å². The first-order chi connectivity index (χ1) is 23.3. The number of esters is 1. The fraction of sp³-hybridized carbons (Fsp3) is 0.171.